The summed E-state index contributed by atoms with van der Waals surface area (Å²) < 4.78 is 0. The van der Waals surface area contributed by atoms with Crippen LogP contribution in [0, 0.1) is 23.2 Å². The molecule has 0 unspecified atom stereocenters. The quantitative estimate of drug-likeness (QED) is 0.861. The van der Waals surface area contributed by atoms with E-state index in [1.165, 1.54) is 0 Å². The molecule has 2 fully saturated rings. The third-order valence-corrected chi connectivity index (χ3v) is 5.60. The van der Waals surface area contributed by atoms with Gasteiger partial charge in [0.15, 0.2) is 5.78 Å². The van der Waals surface area contributed by atoms with E-state index < -0.39 is 23.2 Å². The smallest absolute Gasteiger partial charge is 0.307 e. The van der Waals surface area contributed by atoms with Gasteiger partial charge in [-0.05, 0) is 18.3 Å². The van der Waals surface area contributed by atoms with Crippen LogP contribution < -0.4 is 0 Å². The van der Waals surface area contributed by atoms with E-state index in [4.69, 9.17) is 0 Å². The van der Waals surface area contributed by atoms with Crippen LogP contribution in [0.3, 0.4) is 0 Å². The Bertz CT molecular complexity index is 659. The summed E-state index contributed by atoms with van der Waals surface area (Å²) >= 11 is 0. The monoisotopic (exact) mass is 329 g/mol. The lowest BCUT2D eigenvalue weighted by molar-refractivity contribution is -0.142. The highest BCUT2D eigenvalue weighted by molar-refractivity contribution is 5.98. The third-order valence-electron chi connectivity index (χ3n) is 5.60. The standard InChI is InChI=1S/C19H23NO4/c1-19(2)14(15(19)18(23)24)17(22)20-10-8-13(9-11-20)16(21)12-6-4-3-5-7-12/h3-7,13-15H,8-11H2,1-2H3,(H,23,24)/t14-,15+/m1/s1. The molecule has 3 rings (SSSR count). The van der Waals surface area contributed by atoms with Crippen LogP contribution in [-0.2, 0) is 9.59 Å². The molecule has 2 aliphatic rings. The number of rotatable bonds is 4. The van der Waals surface area contributed by atoms with Crippen molar-refractivity contribution < 1.29 is 19.5 Å². The Morgan fingerprint density at radius 1 is 1.04 bits per heavy atom. The van der Waals surface area contributed by atoms with Crippen LogP contribution in [0.5, 0.6) is 0 Å². The van der Waals surface area contributed by atoms with Gasteiger partial charge >= 0.3 is 5.97 Å². The number of hydrogen-bond acceptors (Lipinski definition) is 3. The highest BCUT2D eigenvalue weighted by atomic mass is 16.4. The number of amides is 1. The number of carboxylic acid groups (broad SMARTS) is 1. The number of carboxylic acids is 1. The maximum Gasteiger partial charge on any atom is 0.307 e. The average molecular weight is 329 g/mol. The summed E-state index contributed by atoms with van der Waals surface area (Å²) in [6, 6.07) is 9.24. The summed E-state index contributed by atoms with van der Waals surface area (Å²) in [7, 11) is 0. The van der Waals surface area contributed by atoms with Gasteiger partial charge in [0.2, 0.25) is 5.91 Å². The molecule has 1 aliphatic carbocycles. The highest BCUT2D eigenvalue weighted by Gasteiger charge is 2.66. The Kier molecular flexibility index (Phi) is 4.20. The van der Waals surface area contributed by atoms with Crippen LogP contribution in [0.25, 0.3) is 0 Å². The van der Waals surface area contributed by atoms with Crippen molar-refractivity contribution in [1.82, 2.24) is 4.90 Å². The van der Waals surface area contributed by atoms with Gasteiger partial charge in [0.05, 0.1) is 11.8 Å². The van der Waals surface area contributed by atoms with Crippen LogP contribution in [-0.4, -0.2) is 40.8 Å². The Balaban J connectivity index is 1.59. The summed E-state index contributed by atoms with van der Waals surface area (Å²) in [6.45, 7) is 4.72. The molecule has 5 heteroatoms. The Morgan fingerprint density at radius 2 is 1.62 bits per heavy atom. The minimum atomic E-state index is -0.896. The first-order chi connectivity index (χ1) is 11.3. The molecule has 1 amide bonds. The van der Waals surface area contributed by atoms with Gasteiger partial charge in [-0.25, -0.2) is 0 Å². The molecule has 1 saturated carbocycles. The normalized spacial score (nSPS) is 26.0. The maximum atomic E-state index is 12.6. The molecule has 1 heterocycles. The second-order valence-electron chi connectivity index (χ2n) is 7.44. The van der Waals surface area contributed by atoms with Gasteiger partial charge in [-0.2, -0.15) is 0 Å². The second kappa shape index (κ2) is 6.04. The van der Waals surface area contributed by atoms with Crippen molar-refractivity contribution in [2.24, 2.45) is 23.2 Å². The van der Waals surface area contributed by atoms with E-state index in [9.17, 15) is 19.5 Å². The van der Waals surface area contributed by atoms with Crippen molar-refractivity contribution in [2.45, 2.75) is 26.7 Å². The fraction of sp³-hybridized carbons (Fsp3) is 0.526. The third kappa shape index (κ3) is 2.83. The van der Waals surface area contributed by atoms with Crippen LogP contribution in [0.15, 0.2) is 30.3 Å². The lowest BCUT2D eigenvalue weighted by atomic mass is 9.88. The number of Topliss-reactive ketones (excluding diaryl/α,β-unsaturated/α-hetero) is 1. The molecule has 1 aliphatic heterocycles. The molecule has 0 aromatic heterocycles. The SMILES string of the molecule is CC1(C)[C@H](C(=O)O)[C@@H]1C(=O)N1CCC(C(=O)c2ccccc2)CC1. The lowest BCUT2D eigenvalue weighted by Gasteiger charge is -2.32. The topological polar surface area (TPSA) is 74.7 Å². The minimum Gasteiger partial charge on any atom is -0.481 e. The predicted octanol–water partition coefficient (Wildman–Crippen LogP) is 2.46. The average Bonchev–Trinajstić information content (AvgIpc) is 3.17. The van der Waals surface area contributed by atoms with Gasteiger partial charge in [-0.3, -0.25) is 14.4 Å². The van der Waals surface area contributed by atoms with Crippen LogP contribution >= 0.6 is 0 Å². The zero-order chi connectivity index (χ0) is 17.5. The highest BCUT2D eigenvalue weighted by Crippen LogP contribution is 2.59. The number of ketones is 1. The van der Waals surface area contributed by atoms with E-state index >= 15 is 0 Å². The number of nitrogens with zero attached hydrogens (tertiary/aromatic N) is 1. The van der Waals surface area contributed by atoms with Crippen molar-refractivity contribution in [1.29, 1.82) is 0 Å². The van der Waals surface area contributed by atoms with Gasteiger partial charge in [0.1, 0.15) is 0 Å². The van der Waals surface area contributed by atoms with Crippen molar-refractivity contribution >= 4 is 17.7 Å². The van der Waals surface area contributed by atoms with E-state index in [2.05, 4.69) is 0 Å². The molecule has 128 valence electrons. The van der Waals surface area contributed by atoms with E-state index in [1.54, 1.807) is 4.90 Å². The Labute approximate surface area is 141 Å². The molecule has 1 aromatic carbocycles. The second-order valence-corrected chi connectivity index (χ2v) is 7.44. The summed E-state index contributed by atoms with van der Waals surface area (Å²) in [5, 5.41) is 9.23. The van der Waals surface area contributed by atoms with Crippen LogP contribution in [0.2, 0.25) is 0 Å². The molecule has 5 nitrogen and oxygen atoms in total. The molecule has 24 heavy (non-hydrogen) atoms. The van der Waals surface area contributed by atoms with Crippen molar-refractivity contribution in [3.8, 4) is 0 Å². The summed E-state index contributed by atoms with van der Waals surface area (Å²) in [4.78, 5) is 38.1. The van der Waals surface area contributed by atoms with Crippen LogP contribution in [0.4, 0.5) is 0 Å². The van der Waals surface area contributed by atoms with Gasteiger partial charge in [-0.15, -0.1) is 0 Å². The molecule has 1 N–H and O–H groups in total. The van der Waals surface area contributed by atoms with Gasteiger partial charge in [0, 0.05) is 24.6 Å². The van der Waals surface area contributed by atoms with Gasteiger partial charge in [-0.1, -0.05) is 44.2 Å². The minimum absolute atomic E-state index is 0.0565. The number of benzene rings is 1. The first kappa shape index (κ1) is 16.7. The lowest BCUT2D eigenvalue weighted by Crippen LogP contribution is -2.41. The number of aliphatic carboxylic acids is 1. The van der Waals surface area contributed by atoms with E-state index in [0.29, 0.717) is 25.9 Å². The predicted molar refractivity (Wildman–Crippen MR) is 88.5 cm³/mol. The molecular formula is C19H23NO4. The van der Waals surface area contributed by atoms with Gasteiger partial charge in [0.25, 0.3) is 0 Å². The molecular weight excluding hydrogens is 306 g/mol. The number of carbonyl (C=O) groups is 3. The van der Waals surface area contributed by atoms with Crippen molar-refractivity contribution in [3.05, 3.63) is 35.9 Å². The number of carbonyl (C=O) groups excluding carboxylic acids is 2. The fourth-order valence-electron chi connectivity index (χ4n) is 3.96. The molecule has 1 aromatic rings. The van der Waals surface area contributed by atoms with E-state index in [-0.39, 0.29) is 17.6 Å². The zero-order valence-electron chi connectivity index (χ0n) is 14.1. The Morgan fingerprint density at radius 3 is 2.12 bits per heavy atom. The first-order valence-electron chi connectivity index (χ1n) is 8.45. The molecule has 0 bridgehead atoms. The molecule has 0 radical (unpaired) electrons. The zero-order valence-corrected chi connectivity index (χ0v) is 14.1. The van der Waals surface area contributed by atoms with Crippen molar-refractivity contribution in [2.75, 3.05) is 13.1 Å². The Hall–Kier alpha value is -2.17. The first-order valence-corrected chi connectivity index (χ1v) is 8.45. The van der Waals surface area contributed by atoms with Crippen molar-refractivity contribution in [3.63, 3.8) is 0 Å². The number of piperidine rings is 1. The summed E-state index contributed by atoms with van der Waals surface area (Å²) in [5.74, 6) is -1.91. The fourth-order valence-corrected chi connectivity index (χ4v) is 3.96. The summed E-state index contributed by atoms with van der Waals surface area (Å²) in [5.41, 5.74) is 0.246. The maximum absolute atomic E-state index is 12.6. The largest absolute Gasteiger partial charge is 0.481 e. The van der Waals surface area contributed by atoms with E-state index in [0.717, 1.165) is 5.56 Å². The molecule has 0 spiro atoms. The van der Waals surface area contributed by atoms with E-state index in [1.807, 2.05) is 44.2 Å². The number of likely N-dealkylation sites (tertiary alicyclic amines) is 1. The van der Waals surface area contributed by atoms with Crippen LogP contribution in [0.1, 0.15) is 37.0 Å². The molecule has 2 atom stereocenters. The molecule has 1 saturated heterocycles. The number of hydrogen-bond donors (Lipinski definition) is 1. The summed E-state index contributed by atoms with van der Waals surface area (Å²) in [6.07, 6.45) is 1.29. The van der Waals surface area contributed by atoms with Gasteiger partial charge < -0.3 is 10.0 Å².